The van der Waals surface area contributed by atoms with Crippen molar-refractivity contribution in [3.63, 3.8) is 0 Å². The van der Waals surface area contributed by atoms with E-state index in [1.807, 2.05) is 5.38 Å². The fourth-order valence-corrected chi connectivity index (χ4v) is 3.99. The molecule has 1 aliphatic heterocycles. The van der Waals surface area contributed by atoms with Crippen LogP contribution in [0.25, 0.3) is 10.2 Å². The first-order chi connectivity index (χ1) is 11.3. The number of hydrogen-bond donors (Lipinski definition) is 1. The minimum Gasteiger partial charge on any atom is -0.356 e. The molecule has 23 heavy (non-hydrogen) atoms. The molecule has 0 radical (unpaired) electrons. The van der Waals surface area contributed by atoms with E-state index < -0.39 is 0 Å². The predicted octanol–water partition coefficient (Wildman–Crippen LogP) is 2.40. The van der Waals surface area contributed by atoms with Crippen molar-refractivity contribution in [1.29, 1.82) is 0 Å². The van der Waals surface area contributed by atoms with Crippen LogP contribution in [-0.2, 0) is 4.79 Å². The molecule has 1 aliphatic rings. The third-order valence-electron chi connectivity index (χ3n) is 4.00. The predicted molar refractivity (Wildman–Crippen MR) is 90.9 cm³/mol. The van der Waals surface area contributed by atoms with E-state index in [9.17, 15) is 4.79 Å². The highest BCUT2D eigenvalue weighted by molar-refractivity contribution is 7.16. The molecule has 3 aromatic heterocycles. The van der Waals surface area contributed by atoms with Crippen molar-refractivity contribution in [2.45, 2.75) is 12.8 Å². The Morgan fingerprint density at radius 2 is 2.13 bits per heavy atom. The first-order valence-electron chi connectivity index (χ1n) is 7.31. The maximum absolute atomic E-state index is 12.3. The van der Waals surface area contributed by atoms with E-state index in [4.69, 9.17) is 0 Å². The molecule has 1 saturated heterocycles. The zero-order chi connectivity index (χ0) is 15.6. The second kappa shape index (κ2) is 6.17. The summed E-state index contributed by atoms with van der Waals surface area (Å²) in [4.78, 5) is 24.2. The molecule has 0 atom stereocenters. The lowest BCUT2D eigenvalue weighted by Gasteiger charge is -2.32. The summed E-state index contributed by atoms with van der Waals surface area (Å²) in [6.45, 7) is 1.63. The van der Waals surface area contributed by atoms with Gasteiger partial charge in [0.05, 0.1) is 5.39 Å². The molecule has 9 heteroatoms. The number of carbonyl (C=O) groups excluding carboxylic acids is 1. The monoisotopic (exact) mass is 346 g/mol. The van der Waals surface area contributed by atoms with Crippen molar-refractivity contribution in [1.82, 2.24) is 20.2 Å². The van der Waals surface area contributed by atoms with Crippen molar-refractivity contribution in [2.75, 3.05) is 23.3 Å². The normalized spacial score (nSPS) is 15.9. The van der Waals surface area contributed by atoms with Gasteiger partial charge in [0.15, 0.2) is 0 Å². The molecule has 118 valence electrons. The van der Waals surface area contributed by atoms with E-state index in [2.05, 4.69) is 36.4 Å². The van der Waals surface area contributed by atoms with E-state index in [0.29, 0.717) is 5.13 Å². The van der Waals surface area contributed by atoms with Crippen LogP contribution in [0.4, 0.5) is 10.9 Å². The number of nitrogens with zero attached hydrogens (tertiary/aromatic N) is 5. The number of piperidine rings is 1. The molecular formula is C14H14N6OS2. The molecule has 4 heterocycles. The van der Waals surface area contributed by atoms with Gasteiger partial charge in [0, 0.05) is 19.0 Å². The Morgan fingerprint density at radius 3 is 2.91 bits per heavy atom. The Bertz CT molecular complexity index is 810. The topological polar surface area (TPSA) is 83.9 Å². The Balaban J connectivity index is 1.43. The number of rotatable bonds is 3. The largest absolute Gasteiger partial charge is 0.356 e. The van der Waals surface area contributed by atoms with Gasteiger partial charge in [-0.25, -0.2) is 9.97 Å². The lowest BCUT2D eigenvalue weighted by molar-refractivity contribution is -0.120. The second-order valence-electron chi connectivity index (χ2n) is 5.33. The average Bonchev–Trinajstić information content (AvgIpc) is 3.25. The molecule has 0 saturated carbocycles. The molecule has 1 N–H and O–H groups in total. The number of amides is 1. The fourth-order valence-electron chi connectivity index (χ4n) is 2.82. The number of nitrogens with one attached hydrogen (secondary N) is 1. The first kappa shape index (κ1) is 14.5. The van der Waals surface area contributed by atoms with Crippen molar-refractivity contribution in [3.05, 3.63) is 23.3 Å². The van der Waals surface area contributed by atoms with Crippen LogP contribution in [0, 0.1) is 5.92 Å². The summed E-state index contributed by atoms with van der Waals surface area (Å²) < 4.78 is 0. The van der Waals surface area contributed by atoms with Crippen LogP contribution in [-0.4, -0.2) is 39.2 Å². The van der Waals surface area contributed by atoms with Crippen LogP contribution in [0.1, 0.15) is 12.8 Å². The number of anilines is 2. The highest BCUT2D eigenvalue weighted by Crippen LogP contribution is 2.30. The molecule has 4 rings (SSSR count). The maximum Gasteiger partial charge on any atom is 0.229 e. The van der Waals surface area contributed by atoms with Gasteiger partial charge in [-0.05, 0) is 24.3 Å². The van der Waals surface area contributed by atoms with E-state index in [1.165, 1.54) is 11.3 Å². The summed E-state index contributed by atoms with van der Waals surface area (Å²) in [7, 11) is 0. The smallest absolute Gasteiger partial charge is 0.229 e. The third kappa shape index (κ3) is 2.89. The summed E-state index contributed by atoms with van der Waals surface area (Å²) in [5, 5.41) is 14.1. The minimum atomic E-state index is 0.00922. The number of hydrogen-bond acceptors (Lipinski definition) is 8. The van der Waals surface area contributed by atoms with Crippen LogP contribution in [0.2, 0.25) is 0 Å². The lowest BCUT2D eigenvalue weighted by atomic mass is 9.96. The Hall–Kier alpha value is -2.13. The average molecular weight is 346 g/mol. The summed E-state index contributed by atoms with van der Waals surface area (Å²) in [5.41, 5.74) is 1.61. The minimum absolute atomic E-state index is 0.00922. The van der Waals surface area contributed by atoms with Crippen LogP contribution in [0.5, 0.6) is 0 Å². The molecule has 0 spiro atoms. The third-order valence-corrected chi connectivity index (χ3v) is 5.42. The zero-order valence-electron chi connectivity index (χ0n) is 12.2. The lowest BCUT2D eigenvalue weighted by Crippen LogP contribution is -2.38. The summed E-state index contributed by atoms with van der Waals surface area (Å²) >= 11 is 2.95. The number of aromatic nitrogens is 4. The zero-order valence-corrected chi connectivity index (χ0v) is 13.8. The quantitative estimate of drug-likeness (QED) is 0.784. The summed E-state index contributed by atoms with van der Waals surface area (Å²) in [6.07, 6.45) is 3.23. The molecule has 0 unspecified atom stereocenters. The van der Waals surface area contributed by atoms with Gasteiger partial charge in [-0.1, -0.05) is 11.3 Å². The Labute approximate surface area is 140 Å². The van der Waals surface area contributed by atoms with E-state index >= 15 is 0 Å². The van der Waals surface area contributed by atoms with Crippen molar-refractivity contribution < 1.29 is 4.79 Å². The maximum atomic E-state index is 12.3. The van der Waals surface area contributed by atoms with Gasteiger partial charge >= 0.3 is 0 Å². The van der Waals surface area contributed by atoms with Crippen LogP contribution >= 0.6 is 22.7 Å². The molecule has 1 fully saturated rings. The molecule has 0 aromatic carbocycles. The Kier molecular flexibility index (Phi) is 3.88. The van der Waals surface area contributed by atoms with Crippen LogP contribution in [0.15, 0.2) is 23.3 Å². The van der Waals surface area contributed by atoms with Crippen molar-refractivity contribution in [2.24, 2.45) is 5.92 Å². The standard InChI is InChI=1S/C14H14N6OS2/c21-12(18-14-19-17-8-23-14)9-1-4-20(5-2-9)11-10-3-6-22-13(10)16-7-15-11/h3,6-9H,1-2,4-5H2,(H,18,19,21). The highest BCUT2D eigenvalue weighted by atomic mass is 32.1. The van der Waals surface area contributed by atoms with E-state index in [1.54, 1.807) is 23.2 Å². The van der Waals surface area contributed by atoms with Crippen molar-refractivity contribution >= 4 is 49.7 Å². The van der Waals surface area contributed by atoms with Gasteiger partial charge in [0.25, 0.3) is 0 Å². The first-order valence-corrected chi connectivity index (χ1v) is 9.07. The van der Waals surface area contributed by atoms with Crippen LogP contribution < -0.4 is 10.2 Å². The number of fused-ring (bicyclic) bond motifs is 1. The summed E-state index contributed by atoms with van der Waals surface area (Å²) in [5.74, 6) is 1.01. The molecule has 3 aromatic rings. The number of thiophene rings is 1. The highest BCUT2D eigenvalue weighted by Gasteiger charge is 2.27. The van der Waals surface area contributed by atoms with Gasteiger partial charge in [-0.3, -0.25) is 4.79 Å². The molecule has 7 nitrogen and oxygen atoms in total. The second-order valence-corrected chi connectivity index (χ2v) is 7.06. The van der Waals surface area contributed by atoms with Crippen LogP contribution in [0.3, 0.4) is 0 Å². The molecule has 1 amide bonds. The van der Waals surface area contributed by atoms with E-state index in [0.717, 1.165) is 42.0 Å². The van der Waals surface area contributed by atoms with Gasteiger partial charge in [-0.2, -0.15) is 0 Å². The fraction of sp³-hybridized carbons (Fsp3) is 0.357. The SMILES string of the molecule is O=C(Nc1nncs1)C1CCN(c2ncnc3sccc23)CC1. The van der Waals surface area contributed by atoms with Gasteiger partial charge < -0.3 is 10.2 Å². The van der Waals surface area contributed by atoms with E-state index in [-0.39, 0.29) is 11.8 Å². The molecule has 0 bridgehead atoms. The van der Waals surface area contributed by atoms with Gasteiger partial charge in [0.1, 0.15) is 22.5 Å². The molecule has 0 aliphatic carbocycles. The molecular weight excluding hydrogens is 332 g/mol. The van der Waals surface area contributed by atoms with Gasteiger partial charge in [0.2, 0.25) is 11.0 Å². The van der Waals surface area contributed by atoms with Gasteiger partial charge in [-0.15, -0.1) is 21.5 Å². The number of carbonyl (C=O) groups is 1. The summed E-state index contributed by atoms with van der Waals surface area (Å²) in [6, 6.07) is 2.06. The van der Waals surface area contributed by atoms with Crippen molar-refractivity contribution in [3.8, 4) is 0 Å². The Morgan fingerprint density at radius 1 is 1.26 bits per heavy atom.